The van der Waals surface area contributed by atoms with Crippen molar-refractivity contribution in [1.82, 2.24) is 10.6 Å². The number of carbonyl (C=O) groups is 2. The van der Waals surface area contributed by atoms with E-state index in [1.807, 2.05) is 19.9 Å². The molecule has 160 valence electrons. The molecule has 4 aliphatic carbocycles. The van der Waals surface area contributed by atoms with E-state index in [0.29, 0.717) is 23.3 Å². The Morgan fingerprint density at radius 1 is 1.17 bits per heavy atom. The molecule has 0 heterocycles. The SMILES string of the molecule is CC(C)C(NC(=O)C12CC3CC(CC(C3)C1)C2)C(=O)NCc1ccc(C#N)cc1F. The Labute approximate surface area is 177 Å². The van der Waals surface area contributed by atoms with Gasteiger partial charge in [0.1, 0.15) is 11.9 Å². The van der Waals surface area contributed by atoms with Crippen LogP contribution in [0.1, 0.15) is 63.5 Å². The van der Waals surface area contributed by atoms with E-state index < -0.39 is 11.9 Å². The van der Waals surface area contributed by atoms with E-state index in [-0.39, 0.29) is 35.3 Å². The second-order valence-corrected chi connectivity index (χ2v) is 10.0. The minimum absolute atomic E-state index is 0.0207. The summed E-state index contributed by atoms with van der Waals surface area (Å²) in [6.45, 7) is 3.84. The summed E-state index contributed by atoms with van der Waals surface area (Å²) < 4.78 is 14.1. The molecule has 1 unspecified atom stereocenters. The van der Waals surface area contributed by atoms with Crippen molar-refractivity contribution in [2.45, 2.75) is 65.0 Å². The van der Waals surface area contributed by atoms with Gasteiger partial charge in [0.2, 0.25) is 11.8 Å². The number of nitrogens with zero attached hydrogens (tertiary/aromatic N) is 1. The van der Waals surface area contributed by atoms with Crippen LogP contribution in [0.2, 0.25) is 0 Å². The topological polar surface area (TPSA) is 82.0 Å². The van der Waals surface area contributed by atoms with Gasteiger partial charge < -0.3 is 10.6 Å². The molecule has 4 bridgehead atoms. The Balaban J connectivity index is 1.41. The molecule has 0 spiro atoms. The number of amides is 2. The third-order valence-corrected chi connectivity index (χ3v) is 7.39. The van der Waals surface area contributed by atoms with E-state index >= 15 is 0 Å². The molecule has 1 aromatic carbocycles. The van der Waals surface area contributed by atoms with Crippen LogP contribution in [0, 0.1) is 46.2 Å². The maximum absolute atomic E-state index is 14.1. The quantitative estimate of drug-likeness (QED) is 0.749. The lowest BCUT2D eigenvalue weighted by molar-refractivity contribution is -0.149. The van der Waals surface area contributed by atoms with Crippen molar-refractivity contribution in [3.8, 4) is 6.07 Å². The van der Waals surface area contributed by atoms with Gasteiger partial charge in [-0.15, -0.1) is 0 Å². The van der Waals surface area contributed by atoms with Crippen LogP contribution in [0.3, 0.4) is 0 Å². The fourth-order valence-corrected chi connectivity index (χ4v) is 6.27. The zero-order valence-electron chi connectivity index (χ0n) is 17.7. The molecule has 2 amide bonds. The number of nitrogens with one attached hydrogen (secondary N) is 2. The van der Waals surface area contributed by atoms with Gasteiger partial charge in [-0.2, -0.15) is 5.26 Å². The number of nitriles is 1. The summed E-state index contributed by atoms with van der Waals surface area (Å²) in [5.41, 5.74) is 0.254. The van der Waals surface area contributed by atoms with Crippen LogP contribution in [0.5, 0.6) is 0 Å². The largest absolute Gasteiger partial charge is 0.350 e. The van der Waals surface area contributed by atoms with E-state index in [9.17, 15) is 14.0 Å². The first-order valence-electron chi connectivity index (χ1n) is 11.1. The summed E-state index contributed by atoms with van der Waals surface area (Å²) in [5, 5.41) is 14.7. The molecule has 30 heavy (non-hydrogen) atoms. The molecule has 5 nitrogen and oxygen atoms in total. The summed E-state index contributed by atoms with van der Waals surface area (Å²) in [6.07, 6.45) is 6.64. The highest BCUT2D eigenvalue weighted by Crippen LogP contribution is 2.60. The van der Waals surface area contributed by atoms with Gasteiger partial charge in [0, 0.05) is 17.5 Å². The number of hydrogen-bond donors (Lipinski definition) is 2. The highest BCUT2D eigenvalue weighted by Gasteiger charge is 2.55. The molecule has 0 aromatic heterocycles. The van der Waals surface area contributed by atoms with Crippen LogP contribution in [0.4, 0.5) is 4.39 Å². The van der Waals surface area contributed by atoms with Crippen molar-refractivity contribution in [3.05, 3.63) is 35.1 Å². The van der Waals surface area contributed by atoms with Crippen LogP contribution < -0.4 is 10.6 Å². The molecule has 6 heteroatoms. The van der Waals surface area contributed by atoms with Crippen LogP contribution in [-0.4, -0.2) is 17.9 Å². The van der Waals surface area contributed by atoms with Gasteiger partial charge in [0.15, 0.2) is 0 Å². The zero-order chi connectivity index (χ0) is 21.5. The molecule has 0 saturated heterocycles. The average Bonchev–Trinajstić information content (AvgIpc) is 2.69. The lowest BCUT2D eigenvalue weighted by Gasteiger charge is -2.55. The molecule has 1 atom stereocenters. The third-order valence-electron chi connectivity index (χ3n) is 7.39. The first-order chi connectivity index (χ1) is 14.3. The molecule has 4 aliphatic rings. The van der Waals surface area contributed by atoms with Gasteiger partial charge in [0.25, 0.3) is 0 Å². The summed E-state index contributed by atoms with van der Waals surface area (Å²) >= 11 is 0. The van der Waals surface area contributed by atoms with E-state index in [1.165, 1.54) is 31.4 Å². The van der Waals surface area contributed by atoms with E-state index in [2.05, 4.69) is 10.6 Å². The number of halogens is 1. The number of hydrogen-bond acceptors (Lipinski definition) is 3. The van der Waals surface area contributed by atoms with Gasteiger partial charge in [-0.3, -0.25) is 9.59 Å². The van der Waals surface area contributed by atoms with E-state index in [1.54, 1.807) is 0 Å². The van der Waals surface area contributed by atoms with Gasteiger partial charge in [0.05, 0.1) is 11.6 Å². The van der Waals surface area contributed by atoms with Crippen molar-refractivity contribution in [2.24, 2.45) is 29.1 Å². The minimum Gasteiger partial charge on any atom is -0.350 e. The van der Waals surface area contributed by atoms with Crippen molar-refractivity contribution in [3.63, 3.8) is 0 Å². The molecular formula is C24H30FN3O2. The smallest absolute Gasteiger partial charge is 0.243 e. The summed E-state index contributed by atoms with van der Waals surface area (Å²) in [6, 6.07) is 5.44. The average molecular weight is 412 g/mol. The number of carbonyl (C=O) groups excluding carboxylic acids is 2. The predicted molar refractivity (Wildman–Crippen MR) is 110 cm³/mol. The zero-order valence-corrected chi connectivity index (χ0v) is 17.7. The van der Waals surface area contributed by atoms with Gasteiger partial charge in [-0.1, -0.05) is 19.9 Å². The highest BCUT2D eigenvalue weighted by atomic mass is 19.1. The first-order valence-corrected chi connectivity index (χ1v) is 11.1. The van der Waals surface area contributed by atoms with Crippen LogP contribution in [0.25, 0.3) is 0 Å². The molecule has 4 fully saturated rings. The monoisotopic (exact) mass is 411 g/mol. The van der Waals surface area contributed by atoms with Crippen LogP contribution >= 0.6 is 0 Å². The molecule has 0 radical (unpaired) electrons. The molecule has 1 aromatic rings. The standard InChI is InChI=1S/C24H30FN3O2/c1-14(2)21(22(29)27-13-19-4-3-15(12-26)8-20(19)25)28-23(30)24-9-16-5-17(10-24)7-18(6-16)11-24/h3-4,8,14,16-18,21H,5-7,9-11,13H2,1-2H3,(H,27,29)(H,28,30). The Hall–Kier alpha value is -2.42. The van der Waals surface area contributed by atoms with Crippen LogP contribution in [-0.2, 0) is 16.1 Å². The number of benzene rings is 1. The second kappa shape index (κ2) is 8.02. The van der Waals surface area contributed by atoms with Crippen LogP contribution in [0.15, 0.2) is 18.2 Å². The third kappa shape index (κ3) is 3.95. The Morgan fingerprint density at radius 2 is 1.77 bits per heavy atom. The number of rotatable bonds is 6. The van der Waals surface area contributed by atoms with Crippen molar-refractivity contribution in [1.29, 1.82) is 5.26 Å². The molecule has 0 aliphatic heterocycles. The predicted octanol–water partition coefficient (Wildman–Crippen LogP) is 3.67. The Morgan fingerprint density at radius 3 is 2.27 bits per heavy atom. The van der Waals surface area contributed by atoms with Gasteiger partial charge >= 0.3 is 0 Å². The van der Waals surface area contributed by atoms with Gasteiger partial charge in [-0.25, -0.2) is 4.39 Å². The maximum Gasteiger partial charge on any atom is 0.243 e. The van der Waals surface area contributed by atoms with Gasteiger partial charge in [-0.05, 0) is 74.3 Å². The van der Waals surface area contributed by atoms with Crippen molar-refractivity contribution < 1.29 is 14.0 Å². The Kier molecular flexibility index (Phi) is 5.57. The van der Waals surface area contributed by atoms with E-state index in [0.717, 1.165) is 25.3 Å². The Bertz CT molecular complexity index is 854. The summed E-state index contributed by atoms with van der Waals surface area (Å²) in [4.78, 5) is 26.2. The summed E-state index contributed by atoms with van der Waals surface area (Å²) in [5.74, 6) is 1.11. The highest BCUT2D eigenvalue weighted by molar-refractivity contribution is 5.90. The lowest BCUT2D eigenvalue weighted by Crippen LogP contribution is -2.58. The normalized spacial score (nSPS) is 30.0. The van der Waals surface area contributed by atoms with E-state index in [4.69, 9.17) is 5.26 Å². The fraction of sp³-hybridized carbons (Fsp3) is 0.625. The first kappa shape index (κ1) is 20.8. The molecule has 2 N–H and O–H groups in total. The molecule has 5 rings (SSSR count). The molecule has 4 saturated carbocycles. The lowest BCUT2D eigenvalue weighted by atomic mass is 9.49. The van der Waals surface area contributed by atoms with Crippen molar-refractivity contribution in [2.75, 3.05) is 0 Å². The van der Waals surface area contributed by atoms with Crippen molar-refractivity contribution >= 4 is 11.8 Å². The fourth-order valence-electron chi connectivity index (χ4n) is 6.27. The summed E-state index contributed by atoms with van der Waals surface area (Å²) in [7, 11) is 0. The minimum atomic E-state index is -0.646. The molecular weight excluding hydrogens is 381 g/mol. The second-order valence-electron chi connectivity index (χ2n) is 10.0. The maximum atomic E-state index is 14.1.